The van der Waals surface area contributed by atoms with Crippen LogP contribution in [0.1, 0.15) is 0 Å². The minimum atomic E-state index is -2.88. The predicted octanol–water partition coefficient (Wildman–Crippen LogP) is 5.68. The smallest absolute Gasteiger partial charge is 0.626 e. The number of benzene rings is 5. The molecule has 205 valence electrons. The summed E-state index contributed by atoms with van der Waals surface area (Å²) in [6.45, 7) is 0. The molecule has 1 radical (unpaired) electrons. The van der Waals surface area contributed by atoms with Crippen molar-refractivity contribution in [2.45, 2.75) is 0 Å². The average molecular weight is 589 g/mol. The Hall–Kier alpha value is -4.77. The van der Waals surface area contributed by atoms with Crippen molar-refractivity contribution in [2.75, 3.05) is 0 Å². The first-order chi connectivity index (χ1) is 21.3. The Morgan fingerprint density at radius 2 is 1.09 bits per heavy atom. The quantitative estimate of drug-likeness (QED) is 0.161. The molecule has 0 amide bonds. The summed E-state index contributed by atoms with van der Waals surface area (Å²) in [6.07, 6.45) is 1.80. The molecule has 43 heavy (non-hydrogen) atoms. The van der Waals surface area contributed by atoms with Gasteiger partial charge < -0.3 is 7.27 Å². The number of aromatic nitrogens is 3. The van der Waals surface area contributed by atoms with Gasteiger partial charge in [0.2, 0.25) is 0 Å². The molecule has 0 unspecified atom stereocenters. The maximum Gasteiger partial charge on any atom is 0.763 e. The molecule has 5 nitrogen and oxygen atoms in total. The van der Waals surface area contributed by atoms with Crippen molar-refractivity contribution in [3.63, 3.8) is 0 Å². The Balaban J connectivity index is 1.30. The van der Waals surface area contributed by atoms with Gasteiger partial charge in [0.1, 0.15) is 5.52 Å². The van der Waals surface area contributed by atoms with Gasteiger partial charge in [0.15, 0.2) is 11.5 Å². The number of pyridine rings is 1. The van der Waals surface area contributed by atoms with E-state index in [2.05, 4.69) is 94.5 Å². The van der Waals surface area contributed by atoms with Crippen molar-refractivity contribution < 1.29 is 7.27 Å². The van der Waals surface area contributed by atoms with Crippen molar-refractivity contribution in [2.24, 2.45) is 0 Å². The molecular formula is C36H27AlN3O2Si. The van der Waals surface area contributed by atoms with Crippen LogP contribution in [-0.2, 0) is 3.48 Å². The highest BCUT2D eigenvalue weighted by molar-refractivity contribution is 7.08. The Labute approximate surface area is 258 Å². The first-order valence-corrected chi connectivity index (χ1v) is 17.0. The number of nitrogens with zero attached hydrogens (tertiary/aromatic N) is 3. The molecule has 7 aromatic rings. The third-order valence-electron chi connectivity index (χ3n) is 7.50. The molecule has 2 aromatic heterocycles. The summed E-state index contributed by atoms with van der Waals surface area (Å²) in [5.41, 5.74) is 3.49. The summed E-state index contributed by atoms with van der Waals surface area (Å²) in [7, 11) is -2.88. The van der Waals surface area contributed by atoms with Crippen LogP contribution in [0.25, 0.3) is 28.2 Å². The van der Waals surface area contributed by atoms with E-state index >= 15 is 0 Å². The molecule has 0 saturated heterocycles. The summed E-state index contributed by atoms with van der Waals surface area (Å²) in [6, 6.07) is 53.8. The molecule has 0 spiro atoms. The van der Waals surface area contributed by atoms with Crippen molar-refractivity contribution >= 4 is 50.9 Å². The second-order valence-electron chi connectivity index (χ2n) is 10.1. The molecule has 0 aliphatic rings. The number of imidazole rings is 1. The fourth-order valence-corrected chi connectivity index (χ4v) is 11.2. The fraction of sp³-hybridized carbons (Fsp3) is 0. The first kappa shape index (κ1) is 27.1. The van der Waals surface area contributed by atoms with Crippen LogP contribution in [0.4, 0.5) is 0 Å². The minimum absolute atomic E-state index is 0.724. The molecule has 7 rings (SSSR count). The predicted molar refractivity (Wildman–Crippen MR) is 176 cm³/mol. The lowest BCUT2D eigenvalue weighted by Gasteiger charge is -2.34. The van der Waals surface area contributed by atoms with Crippen LogP contribution < -0.4 is 19.3 Å². The van der Waals surface area contributed by atoms with E-state index in [0.717, 1.165) is 34.0 Å². The number of hydrogen-bond donors (Lipinski definition) is 0. The topological polar surface area (TPSA) is 49.2 Å². The highest BCUT2D eigenvalue weighted by atomic mass is 28.4. The van der Waals surface area contributed by atoms with E-state index in [1.165, 1.54) is 15.6 Å². The second-order valence-corrected chi connectivity index (χ2v) is 14.5. The van der Waals surface area contributed by atoms with Crippen molar-refractivity contribution in [3.8, 4) is 22.8 Å². The Bertz CT molecular complexity index is 1860. The van der Waals surface area contributed by atoms with Gasteiger partial charge in [0.05, 0.1) is 11.3 Å². The van der Waals surface area contributed by atoms with Gasteiger partial charge in [0, 0.05) is 11.9 Å². The molecule has 0 aliphatic carbocycles. The Morgan fingerprint density at radius 1 is 0.558 bits per heavy atom. The molecule has 0 atom stereocenters. The van der Waals surface area contributed by atoms with Gasteiger partial charge in [-0.2, -0.15) is 0 Å². The van der Waals surface area contributed by atoms with Gasteiger partial charge >= 0.3 is 15.9 Å². The van der Waals surface area contributed by atoms with Gasteiger partial charge in [-0.3, -0.25) is 4.57 Å². The molecule has 0 bridgehead atoms. The van der Waals surface area contributed by atoms with E-state index in [9.17, 15) is 0 Å². The molecule has 0 saturated carbocycles. The van der Waals surface area contributed by atoms with Crippen molar-refractivity contribution in [3.05, 3.63) is 164 Å². The van der Waals surface area contributed by atoms with Gasteiger partial charge in [-0.15, -0.1) is 0 Å². The maximum atomic E-state index is 7.12. The highest BCUT2D eigenvalue weighted by Crippen LogP contribution is 2.33. The summed E-state index contributed by atoms with van der Waals surface area (Å²) < 4.78 is 15.8. The van der Waals surface area contributed by atoms with Crippen LogP contribution in [0.5, 0.6) is 5.75 Å². The van der Waals surface area contributed by atoms with Gasteiger partial charge in [0.25, 0.3) is 8.32 Å². The number of rotatable bonds is 9. The third kappa shape index (κ3) is 5.20. The normalized spacial score (nSPS) is 11.3. The summed E-state index contributed by atoms with van der Waals surface area (Å²) in [5, 5.41) is 3.52. The molecule has 7 heteroatoms. The third-order valence-corrected chi connectivity index (χ3v) is 13.1. The SMILES string of the molecule is c1ccc(-n2c(-c3ccccc3[O][Al][O][Si](c3ccccc3)(c3ccccc3)c3ccccc3)nc3cccnc32)cc1. The van der Waals surface area contributed by atoms with E-state index in [4.69, 9.17) is 12.3 Å². The zero-order chi connectivity index (χ0) is 28.9. The van der Waals surface area contributed by atoms with E-state index in [-0.39, 0.29) is 0 Å². The van der Waals surface area contributed by atoms with E-state index < -0.39 is 24.2 Å². The molecule has 0 fully saturated rings. The number of hydrogen-bond acceptors (Lipinski definition) is 4. The molecule has 0 aliphatic heterocycles. The standard InChI is InChI=1S/C18H13N3O.C18H15OSi.Al/c22-16-11-5-4-9-14(16)17-20-15-10-6-12-19-18(15)21(17)13-7-2-1-3-8-13;19-20(16-10-4-1-5-11-16,17-12-6-2-7-13-17)18-14-8-3-9-15-18;/h1-12,22H;1-15H;/q;-1;+2/p-1. The zero-order valence-corrected chi connectivity index (χ0v) is 25.5. The lowest BCUT2D eigenvalue weighted by Crippen LogP contribution is -2.70. The number of para-hydroxylation sites is 2. The summed E-state index contributed by atoms with van der Waals surface area (Å²) in [4.78, 5) is 9.69. The van der Waals surface area contributed by atoms with Crippen LogP contribution in [-0.4, -0.2) is 38.7 Å². The van der Waals surface area contributed by atoms with Crippen LogP contribution in [0.15, 0.2) is 164 Å². The van der Waals surface area contributed by atoms with Gasteiger partial charge in [-0.25, -0.2) is 9.97 Å². The van der Waals surface area contributed by atoms with Crippen LogP contribution in [0.3, 0.4) is 0 Å². The van der Waals surface area contributed by atoms with Crippen molar-refractivity contribution in [1.29, 1.82) is 0 Å². The lowest BCUT2D eigenvalue weighted by molar-refractivity contribution is 0.467. The van der Waals surface area contributed by atoms with E-state index in [0.29, 0.717) is 0 Å². The largest absolute Gasteiger partial charge is 0.763 e. The van der Waals surface area contributed by atoms with Crippen LogP contribution in [0.2, 0.25) is 0 Å². The van der Waals surface area contributed by atoms with Gasteiger partial charge in [-0.05, 0) is 52.0 Å². The maximum absolute atomic E-state index is 7.12. The first-order valence-electron chi connectivity index (χ1n) is 14.2. The van der Waals surface area contributed by atoms with Crippen molar-refractivity contribution in [1.82, 2.24) is 14.5 Å². The second kappa shape index (κ2) is 12.2. The van der Waals surface area contributed by atoms with Crippen LogP contribution >= 0.6 is 0 Å². The van der Waals surface area contributed by atoms with Gasteiger partial charge in [-0.1, -0.05) is 121 Å². The summed E-state index contributed by atoms with van der Waals surface area (Å²) in [5.74, 6) is 1.50. The number of fused-ring (bicyclic) bond motifs is 1. The molecule has 2 heterocycles. The monoisotopic (exact) mass is 588 g/mol. The Kier molecular flexibility index (Phi) is 7.70. The minimum Gasteiger partial charge on any atom is -0.626 e. The highest BCUT2D eigenvalue weighted by Gasteiger charge is 2.42. The zero-order valence-electron chi connectivity index (χ0n) is 23.3. The average Bonchev–Trinajstić information content (AvgIpc) is 3.48. The molecule has 5 aromatic carbocycles. The molecular weight excluding hydrogens is 561 g/mol. The van der Waals surface area contributed by atoms with E-state index in [1.54, 1.807) is 6.20 Å². The molecule has 0 N–H and O–H groups in total. The van der Waals surface area contributed by atoms with E-state index in [1.807, 2.05) is 72.8 Å². The fourth-order valence-electron chi connectivity index (χ4n) is 5.54. The lowest BCUT2D eigenvalue weighted by atomic mass is 10.2. The van der Waals surface area contributed by atoms with Crippen LogP contribution in [0, 0.1) is 0 Å². The summed E-state index contributed by atoms with van der Waals surface area (Å²) >= 11 is -0.902. The Morgan fingerprint density at radius 3 is 1.70 bits per heavy atom.